The third kappa shape index (κ3) is 2.15. The molecule has 0 bridgehead atoms. The number of rotatable bonds is 1. The zero-order valence-corrected chi connectivity index (χ0v) is 16.2. The molecule has 3 heteroatoms. The SMILES string of the molecule is CC(=O)[C@@]1(O)CC[C@H]2[C@@H]3CC(C)C4=CC(O)CC[C@]4(C)[C@H]3CC[C@@]21C. The zero-order valence-electron chi connectivity index (χ0n) is 16.2. The highest BCUT2D eigenvalue weighted by atomic mass is 16.3. The van der Waals surface area contributed by atoms with E-state index in [0.717, 1.165) is 38.5 Å². The van der Waals surface area contributed by atoms with Gasteiger partial charge < -0.3 is 10.2 Å². The molecule has 0 amide bonds. The summed E-state index contributed by atoms with van der Waals surface area (Å²) in [4.78, 5) is 12.3. The second-order valence-corrected chi connectivity index (χ2v) is 10.1. The van der Waals surface area contributed by atoms with Crippen LogP contribution in [0, 0.1) is 34.5 Å². The van der Waals surface area contributed by atoms with E-state index in [9.17, 15) is 15.0 Å². The van der Waals surface area contributed by atoms with E-state index in [-0.39, 0.29) is 22.7 Å². The molecule has 3 nitrogen and oxygen atoms in total. The molecular weight excluding hydrogens is 312 g/mol. The molecule has 2 unspecified atom stereocenters. The summed E-state index contributed by atoms with van der Waals surface area (Å²) in [6.07, 6.45) is 8.65. The lowest BCUT2D eigenvalue weighted by atomic mass is 9.44. The number of Topliss-reactive ketones (excluding diaryl/α,β-unsaturated/α-hetero) is 1. The standard InChI is InChI=1S/C22H34O3/c1-13-11-16-17(20(3)8-5-15(24)12-19(13)20)6-9-21(4)18(16)7-10-22(21,25)14(2)23/h12-13,15-18,24-25H,5-11H2,1-4H3/t13?,15?,16-,17+,18+,20-,21+,22+/m1/s1. The van der Waals surface area contributed by atoms with E-state index in [1.807, 2.05) is 0 Å². The van der Waals surface area contributed by atoms with Crippen LogP contribution in [-0.4, -0.2) is 27.7 Å². The quantitative estimate of drug-likeness (QED) is 0.709. The van der Waals surface area contributed by atoms with E-state index in [1.165, 1.54) is 5.57 Å². The average Bonchev–Trinajstić information content (AvgIpc) is 2.83. The number of hydrogen-bond acceptors (Lipinski definition) is 3. The lowest BCUT2D eigenvalue weighted by Gasteiger charge is -2.60. The molecule has 0 radical (unpaired) electrons. The molecule has 0 heterocycles. The molecule has 0 aromatic carbocycles. The molecule has 4 aliphatic rings. The van der Waals surface area contributed by atoms with E-state index >= 15 is 0 Å². The van der Waals surface area contributed by atoms with Crippen molar-refractivity contribution in [3.8, 4) is 0 Å². The van der Waals surface area contributed by atoms with Crippen LogP contribution in [0.2, 0.25) is 0 Å². The maximum Gasteiger partial charge on any atom is 0.161 e. The molecule has 4 rings (SSSR count). The van der Waals surface area contributed by atoms with Gasteiger partial charge in [0, 0.05) is 5.41 Å². The van der Waals surface area contributed by atoms with Crippen LogP contribution < -0.4 is 0 Å². The van der Waals surface area contributed by atoms with Gasteiger partial charge in [-0.15, -0.1) is 0 Å². The minimum absolute atomic E-state index is 0.0348. The molecule has 25 heavy (non-hydrogen) atoms. The van der Waals surface area contributed by atoms with E-state index in [0.29, 0.717) is 30.1 Å². The van der Waals surface area contributed by atoms with Crippen LogP contribution in [0.25, 0.3) is 0 Å². The number of aliphatic hydroxyl groups is 2. The van der Waals surface area contributed by atoms with Crippen molar-refractivity contribution in [3.05, 3.63) is 11.6 Å². The lowest BCUT2D eigenvalue weighted by Crippen LogP contribution is -2.57. The van der Waals surface area contributed by atoms with Crippen molar-refractivity contribution in [2.45, 2.75) is 84.3 Å². The van der Waals surface area contributed by atoms with Gasteiger partial charge in [-0.3, -0.25) is 4.79 Å². The molecule has 4 aliphatic carbocycles. The van der Waals surface area contributed by atoms with Crippen LogP contribution in [0.15, 0.2) is 11.6 Å². The Kier molecular flexibility index (Phi) is 3.84. The summed E-state index contributed by atoms with van der Waals surface area (Å²) < 4.78 is 0. The first-order valence-electron chi connectivity index (χ1n) is 10.3. The van der Waals surface area contributed by atoms with Crippen LogP contribution in [0.4, 0.5) is 0 Å². The Morgan fingerprint density at radius 3 is 2.48 bits per heavy atom. The van der Waals surface area contributed by atoms with Gasteiger partial charge in [-0.05, 0) is 81.0 Å². The maximum atomic E-state index is 12.3. The predicted molar refractivity (Wildman–Crippen MR) is 97.9 cm³/mol. The first-order valence-corrected chi connectivity index (χ1v) is 10.3. The molecule has 8 atom stereocenters. The first kappa shape index (κ1) is 17.7. The second-order valence-electron chi connectivity index (χ2n) is 10.1. The third-order valence-electron chi connectivity index (χ3n) is 9.14. The van der Waals surface area contributed by atoms with Crippen LogP contribution in [0.3, 0.4) is 0 Å². The molecule has 0 saturated heterocycles. The normalized spacial score (nSPS) is 55.0. The van der Waals surface area contributed by atoms with Gasteiger partial charge in [-0.25, -0.2) is 0 Å². The van der Waals surface area contributed by atoms with Gasteiger partial charge >= 0.3 is 0 Å². The fraction of sp³-hybridized carbons (Fsp3) is 0.864. The number of aliphatic hydroxyl groups excluding tert-OH is 1. The van der Waals surface area contributed by atoms with Gasteiger partial charge in [0.2, 0.25) is 0 Å². The molecular formula is C22H34O3. The van der Waals surface area contributed by atoms with Gasteiger partial charge in [0.25, 0.3) is 0 Å². The summed E-state index contributed by atoms with van der Waals surface area (Å²) in [7, 11) is 0. The molecule has 0 aliphatic heterocycles. The summed E-state index contributed by atoms with van der Waals surface area (Å²) in [5.41, 5.74) is 0.299. The maximum absolute atomic E-state index is 12.3. The summed E-state index contributed by atoms with van der Waals surface area (Å²) in [5.74, 6) is 2.14. The Morgan fingerprint density at radius 1 is 1.12 bits per heavy atom. The Balaban J connectivity index is 1.72. The highest BCUT2D eigenvalue weighted by Crippen LogP contribution is 2.68. The van der Waals surface area contributed by atoms with Gasteiger partial charge in [-0.1, -0.05) is 32.4 Å². The monoisotopic (exact) mass is 346 g/mol. The first-order chi connectivity index (χ1) is 11.6. The van der Waals surface area contributed by atoms with Crippen molar-refractivity contribution < 1.29 is 15.0 Å². The smallest absolute Gasteiger partial charge is 0.161 e. The number of hydrogen-bond donors (Lipinski definition) is 2. The summed E-state index contributed by atoms with van der Waals surface area (Å²) in [6.45, 7) is 8.50. The number of ketones is 1. The highest BCUT2D eigenvalue weighted by Gasteiger charge is 2.65. The Labute approximate surface area is 151 Å². The summed E-state index contributed by atoms with van der Waals surface area (Å²) >= 11 is 0. The highest BCUT2D eigenvalue weighted by molar-refractivity contribution is 5.86. The minimum Gasteiger partial charge on any atom is -0.389 e. The summed E-state index contributed by atoms with van der Waals surface area (Å²) in [5, 5.41) is 21.4. The molecule has 0 aromatic heterocycles. The van der Waals surface area contributed by atoms with Crippen molar-refractivity contribution in [1.29, 1.82) is 0 Å². The zero-order chi connectivity index (χ0) is 18.2. The van der Waals surface area contributed by atoms with Gasteiger partial charge in [0.15, 0.2) is 5.78 Å². The molecule has 2 N–H and O–H groups in total. The minimum atomic E-state index is -1.12. The lowest BCUT2D eigenvalue weighted by molar-refractivity contribution is -0.161. The van der Waals surface area contributed by atoms with Crippen LogP contribution >= 0.6 is 0 Å². The van der Waals surface area contributed by atoms with Gasteiger partial charge in [-0.2, -0.15) is 0 Å². The molecule has 3 fully saturated rings. The van der Waals surface area contributed by atoms with Gasteiger partial charge in [0.1, 0.15) is 5.60 Å². The van der Waals surface area contributed by atoms with E-state index < -0.39 is 5.60 Å². The number of fused-ring (bicyclic) bond motifs is 5. The number of carbonyl (C=O) groups is 1. The van der Waals surface area contributed by atoms with Crippen LogP contribution in [0.1, 0.15) is 72.6 Å². The molecule has 3 saturated carbocycles. The fourth-order valence-corrected chi connectivity index (χ4v) is 7.74. The van der Waals surface area contributed by atoms with E-state index in [1.54, 1.807) is 6.92 Å². The Hall–Kier alpha value is -0.670. The fourth-order valence-electron chi connectivity index (χ4n) is 7.74. The topological polar surface area (TPSA) is 57.5 Å². The summed E-state index contributed by atoms with van der Waals surface area (Å²) in [6, 6.07) is 0. The second kappa shape index (κ2) is 5.42. The molecule has 140 valence electrons. The van der Waals surface area contributed by atoms with Crippen molar-refractivity contribution in [1.82, 2.24) is 0 Å². The average molecular weight is 347 g/mol. The largest absolute Gasteiger partial charge is 0.389 e. The Bertz CT molecular complexity index is 625. The molecule has 0 aromatic rings. The van der Waals surface area contributed by atoms with E-state index in [2.05, 4.69) is 26.8 Å². The predicted octanol–water partition coefficient (Wildman–Crippen LogP) is 3.88. The van der Waals surface area contributed by atoms with E-state index in [4.69, 9.17) is 0 Å². The van der Waals surface area contributed by atoms with Crippen molar-refractivity contribution in [2.75, 3.05) is 0 Å². The van der Waals surface area contributed by atoms with Crippen molar-refractivity contribution in [2.24, 2.45) is 34.5 Å². The van der Waals surface area contributed by atoms with Crippen LogP contribution in [0.5, 0.6) is 0 Å². The number of allylic oxidation sites excluding steroid dienone is 1. The Morgan fingerprint density at radius 2 is 1.80 bits per heavy atom. The van der Waals surface area contributed by atoms with Crippen molar-refractivity contribution in [3.63, 3.8) is 0 Å². The molecule has 0 spiro atoms. The number of carbonyl (C=O) groups excluding carboxylic acids is 1. The van der Waals surface area contributed by atoms with Crippen LogP contribution in [-0.2, 0) is 4.79 Å². The van der Waals surface area contributed by atoms with Gasteiger partial charge in [0.05, 0.1) is 6.10 Å². The van der Waals surface area contributed by atoms with Crippen molar-refractivity contribution >= 4 is 5.78 Å². The third-order valence-corrected chi connectivity index (χ3v) is 9.14.